The molecular formula is C10H4F6N2. The van der Waals surface area contributed by atoms with Gasteiger partial charge in [0, 0.05) is 12.3 Å². The second-order valence-corrected chi connectivity index (χ2v) is 3.43. The zero-order valence-electron chi connectivity index (χ0n) is 8.52. The summed E-state index contributed by atoms with van der Waals surface area (Å²) >= 11 is 0. The number of hydrogen-bond acceptors (Lipinski definition) is 2. The van der Waals surface area contributed by atoms with Gasteiger partial charge in [-0.25, -0.2) is 13.2 Å². The molecule has 0 aromatic carbocycles. The van der Waals surface area contributed by atoms with Crippen LogP contribution >= 0.6 is 0 Å². The van der Waals surface area contributed by atoms with E-state index in [0.717, 1.165) is 6.07 Å². The fourth-order valence-corrected chi connectivity index (χ4v) is 1.56. The van der Waals surface area contributed by atoms with Crippen molar-refractivity contribution in [1.29, 1.82) is 10.5 Å². The Morgan fingerprint density at radius 2 is 1.72 bits per heavy atom. The molecule has 1 rings (SSSR count). The van der Waals surface area contributed by atoms with Gasteiger partial charge in [-0.1, -0.05) is 0 Å². The predicted octanol–water partition coefficient (Wildman–Crippen LogP) is 3.40. The summed E-state index contributed by atoms with van der Waals surface area (Å²) in [4.78, 5) is 0. The first-order chi connectivity index (χ1) is 8.25. The fourth-order valence-electron chi connectivity index (χ4n) is 1.56. The number of alkyl halides is 4. The van der Waals surface area contributed by atoms with Crippen LogP contribution in [0.5, 0.6) is 0 Å². The molecule has 96 valence electrons. The zero-order valence-corrected chi connectivity index (χ0v) is 8.52. The molecule has 0 aromatic rings. The Balaban J connectivity index is 3.46. The highest BCUT2D eigenvalue weighted by Crippen LogP contribution is 2.45. The first-order valence-corrected chi connectivity index (χ1v) is 4.53. The maximum atomic E-state index is 13.4. The summed E-state index contributed by atoms with van der Waals surface area (Å²) in [5.74, 6) is -6.35. The Morgan fingerprint density at radius 3 is 2.11 bits per heavy atom. The van der Waals surface area contributed by atoms with Gasteiger partial charge in [-0.05, 0) is 0 Å². The molecule has 2 atom stereocenters. The largest absolute Gasteiger partial charge is 0.421 e. The second-order valence-electron chi connectivity index (χ2n) is 3.43. The molecule has 18 heavy (non-hydrogen) atoms. The Hall–Kier alpha value is -1.96. The minimum atomic E-state index is -5.45. The van der Waals surface area contributed by atoms with Gasteiger partial charge in [-0.3, -0.25) is 0 Å². The van der Waals surface area contributed by atoms with Crippen molar-refractivity contribution in [1.82, 2.24) is 0 Å². The van der Waals surface area contributed by atoms with Crippen LogP contribution in [0.2, 0.25) is 0 Å². The van der Waals surface area contributed by atoms with Crippen molar-refractivity contribution >= 4 is 0 Å². The number of rotatable bonds is 1. The predicted molar refractivity (Wildman–Crippen MR) is 46.6 cm³/mol. The molecule has 0 aliphatic heterocycles. The molecule has 0 heterocycles. The summed E-state index contributed by atoms with van der Waals surface area (Å²) in [5.41, 5.74) is -3.61. The summed E-state index contributed by atoms with van der Waals surface area (Å²) in [5, 5.41) is 16.8. The van der Waals surface area contributed by atoms with Gasteiger partial charge in [0.05, 0.1) is 17.7 Å². The molecule has 0 amide bonds. The topological polar surface area (TPSA) is 47.6 Å². The molecule has 0 saturated carbocycles. The highest BCUT2D eigenvalue weighted by atomic mass is 19.4. The maximum Gasteiger partial charge on any atom is 0.421 e. The Labute approximate surface area is 97.4 Å². The van der Waals surface area contributed by atoms with Crippen LogP contribution in [0.15, 0.2) is 22.8 Å². The van der Waals surface area contributed by atoms with Crippen LogP contribution in [-0.2, 0) is 0 Å². The van der Waals surface area contributed by atoms with Crippen molar-refractivity contribution in [2.45, 2.75) is 18.8 Å². The summed E-state index contributed by atoms with van der Waals surface area (Å²) in [6, 6.07) is 2.42. The molecule has 8 heteroatoms. The second kappa shape index (κ2) is 4.73. The minimum Gasteiger partial charge on any atom is -0.239 e. The first-order valence-electron chi connectivity index (χ1n) is 4.53. The number of halogens is 6. The molecule has 0 fully saturated rings. The van der Waals surface area contributed by atoms with E-state index in [1.165, 1.54) is 6.07 Å². The summed E-state index contributed by atoms with van der Waals surface area (Å²) < 4.78 is 76.9. The van der Waals surface area contributed by atoms with Gasteiger partial charge in [0.1, 0.15) is 11.4 Å². The molecular weight excluding hydrogens is 262 g/mol. The molecule has 0 bridgehead atoms. The van der Waals surface area contributed by atoms with Crippen molar-refractivity contribution in [3.05, 3.63) is 22.8 Å². The Kier molecular flexibility index (Phi) is 3.70. The average molecular weight is 266 g/mol. The Bertz CT molecular complexity index is 502. The first kappa shape index (κ1) is 14.1. The monoisotopic (exact) mass is 266 g/mol. The molecule has 1 aliphatic carbocycles. The van der Waals surface area contributed by atoms with E-state index in [-0.39, 0.29) is 0 Å². The quantitative estimate of drug-likeness (QED) is 0.683. The lowest BCUT2D eigenvalue weighted by Crippen LogP contribution is -2.29. The summed E-state index contributed by atoms with van der Waals surface area (Å²) in [6.45, 7) is 0. The van der Waals surface area contributed by atoms with E-state index < -0.39 is 47.5 Å². The lowest BCUT2D eigenvalue weighted by molar-refractivity contribution is -0.0949. The maximum absolute atomic E-state index is 13.4. The molecule has 0 N–H and O–H groups in total. The van der Waals surface area contributed by atoms with Crippen molar-refractivity contribution in [2.24, 2.45) is 5.92 Å². The van der Waals surface area contributed by atoms with E-state index in [0.29, 0.717) is 0 Å². The number of hydrogen-bond donors (Lipinski definition) is 0. The van der Waals surface area contributed by atoms with Crippen LogP contribution in [0.1, 0.15) is 6.42 Å². The van der Waals surface area contributed by atoms with Crippen LogP contribution in [0.25, 0.3) is 0 Å². The van der Waals surface area contributed by atoms with Crippen LogP contribution < -0.4 is 0 Å². The van der Waals surface area contributed by atoms with E-state index in [9.17, 15) is 26.3 Å². The van der Waals surface area contributed by atoms with Crippen molar-refractivity contribution < 1.29 is 26.3 Å². The number of nitriles is 2. The minimum absolute atomic E-state index is 0.796. The van der Waals surface area contributed by atoms with Crippen LogP contribution in [0.4, 0.5) is 26.3 Å². The van der Waals surface area contributed by atoms with Gasteiger partial charge in [0.2, 0.25) is 0 Å². The van der Waals surface area contributed by atoms with Gasteiger partial charge < -0.3 is 0 Å². The van der Waals surface area contributed by atoms with E-state index in [1.807, 2.05) is 0 Å². The molecule has 0 spiro atoms. The normalized spacial score (nSPS) is 24.9. The summed E-state index contributed by atoms with van der Waals surface area (Å²) in [6.07, 6.45) is -9.09. The molecule has 1 aliphatic rings. The van der Waals surface area contributed by atoms with Crippen molar-refractivity contribution in [3.8, 4) is 12.1 Å². The van der Waals surface area contributed by atoms with Crippen LogP contribution in [-0.4, -0.2) is 12.3 Å². The van der Waals surface area contributed by atoms with Crippen molar-refractivity contribution in [2.75, 3.05) is 0 Å². The number of allylic oxidation sites excluding steroid dienone is 4. The molecule has 0 aromatic heterocycles. The van der Waals surface area contributed by atoms with E-state index in [1.54, 1.807) is 0 Å². The van der Waals surface area contributed by atoms with E-state index in [4.69, 9.17) is 10.5 Å². The lowest BCUT2D eigenvalue weighted by Gasteiger charge is -2.25. The highest BCUT2D eigenvalue weighted by molar-refractivity contribution is 5.48. The van der Waals surface area contributed by atoms with E-state index in [2.05, 4.69) is 0 Å². The molecule has 2 nitrogen and oxygen atoms in total. The zero-order chi connectivity index (χ0) is 14.1. The van der Waals surface area contributed by atoms with E-state index >= 15 is 0 Å². The van der Waals surface area contributed by atoms with Gasteiger partial charge in [0.25, 0.3) is 0 Å². The van der Waals surface area contributed by atoms with Crippen molar-refractivity contribution in [3.63, 3.8) is 0 Å². The third-order valence-electron chi connectivity index (χ3n) is 2.38. The lowest BCUT2D eigenvalue weighted by atomic mass is 9.84. The van der Waals surface area contributed by atoms with Crippen LogP contribution in [0, 0.1) is 28.6 Å². The fraction of sp³-hybridized carbons (Fsp3) is 0.400. The van der Waals surface area contributed by atoms with Gasteiger partial charge in [0.15, 0.2) is 12.0 Å². The smallest absolute Gasteiger partial charge is 0.239 e. The van der Waals surface area contributed by atoms with Gasteiger partial charge in [-0.2, -0.15) is 23.7 Å². The summed E-state index contributed by atoms with van der Waals surface area (Å²) in [7, 11) is 0. The molecule has 0 radical (unpaired) electrons. The third-order valence-corrected chi connectivity index (χ3v) is 2.38. The standard InChI is InChI=1S/C10H4F6N2/c11-7-5(3-18)4(1-2-17)8(12)9(13)6(7)10(14,15)16/h4,8H,1H2. The molecule has 2 unspecified atom stereocenters. The Morgan fingerprint density at radius 1 is 1.17 bits per heavy atom. The van der Waals surface area contributed by atoms with Gasteiger partial charge >= 0.3 is 6.18 Å². The SMILES string of the molecule is N#CCC1C(C#N)=C(F)C(C(F)(F)F)=C(F)C1F. The third kappa shape index (κ3) is 2.19. The number of nitrogens with zero attached hydrogens (tertiary/aromatic N) is 2. The van der Waals surface area contributed by atoms with Crippen LogP contribution in [0.3, 0.4) is 0 Å². The van der Waals surface area contributed by atoms with Gasteiger partial charge in [-0.15, -0.1) is 0 Å². The molecule has 0 saturated heterocycles. The highest BCUT2D eigenvalue weighted by Gasteiger charge is 2.49. The average Bonchev–Trinajstić information content (AvgIpc) is 2.24.